The molecule has 0 amide bonds. The van der Waals surface area contributed by atoms with Gasteiger partial charge in [0, 0.05) is 12.6 Å². The number of aliphatic hydroxyl groups excluding tert-OH is 1. The second-order valence-electron chi connectivity index (χ2n) is 4.37. The maximum atomic E-state index is 9.14. The van der Waals surface area contributed by atoms with E-state index < -0.39 is 0 Å². The van der Waals surface area contributed by atoms with Crippen molar-refractivity contribution in [1.29, 1.82) is 0 Å². The molecule has 2 heteroatoms. The van der Waals surface area contributed by atoms with Crippen LogP contribution in [-0.4, -0.2) is 35.7 Å². The summed E-state index contributed by atoms with van der Waals surface area (Å²) in [7, 11) is 0. The van der Waals surface area contributed by atoms with Crippen molar-refractivity contribution in [3.05, 3.63) is 0 Å². The van der Waals surface area contributed by atoms with E-state index in [1.54, 1.807) is 0 Å². The fourth-order valence-electron chi connectivity index (χ4n) is 2.33. The summed E-state index contributed by atoms with van der Waals surface area (Å²) in [5.41, 5.74) is 0. The first kappa shape index (κ1) is 11.0. The monoisotopic (exact) mass is 185 g/mol. The lowest BCUT2D eigenvalue weighted by Gasteiger charge is -2.25. The zero-order valence-electron chi connectivity index (χ0n) is 9.00. The van der Waals surface area contributed by atoms with Gasteiger partial charge in [0.15, 0.2) is 0 Å². The normalized spacial score (nSPS) is 26.5. The van der Waals surface area contributed by atoms with Crippen LogP contribution >= 0.6 is 0 Å². The van der Waals surface area contributed by atoms with Gasteiger partial charge < -0.3 is 5.11 Å². The highest BCUT2D eigenvalue weighted by atomic mass is 16.3. The molecule has 0 aliphatic carbocycles. The average Bonchev–Trinajstić information content (AvgIpc) is 2.52. The van der Waals surface area contributed by atoms with E-state index in [1.165, 1.54) is 38.8 Å². The van der Waals surface area contributed by atoms with Gasteiger partial charge in [0.1, 0.15) is 0 Å². The van der Waals surface area contributed by atoms with E-state index in [9.17, 15) is 0 Å². The molecule has 1 saturated heterocycles. The summed E-state index contributed by atoms with van der Waals surface area (Å²) in [6.45, 7) is 7.28. The molecule has 0 bridgehead atoms. The van der Waals surface area contributed by atoms with Crippen LogP contribution in [0.3, 0.4) is 0 Å². The largest absolute Gasteiger partial charge is 0.395 e. The molecule has 0 aromatic rings. The number of rotatable bonds is 5. The third kappa shape index (κ3) is 3.28. The molecule has 1 N–H and O–H groups in total. The van der Waals surface area contributed by atoms with E-state index in [0.717, 1.165) is 5.92 Å². The summed E-state index contributed by atoms with van der Waals surface area (Å²) in [6.07, 6.45) is 5.05. The van der Waals surface area contributed by atoms with Gasteiger partial charge in [0.05, 0.1) is 6.61 Å². The van der Waals surface area contributed by atoms with Crippen molar-refractivity contribution in [3.63, 3.8) is 0 Å². The number of hydrogen-bond donors (Lipinski definition) is 1. The van der Waals surface area contributed by atoms with Crippen LogP contribution in [0.5, 0.6) is 0 Å². The smallest absolute Gasteiger partial charge is 0.0586 e. The van der Waals surface area contributed by atoms with Gasteiger partial charge in [0.25, 0.3) is 0 Å². The number of likely N-dealkylation sites (tertiary alicyclic amines) is 1. The first-order chi connectivity index (χ1) is 6.27. The molecule has 0 saturated carbocycles. The molecule has 0 spiro atoms. The molecule has 78 valence electrons. The highest BCUT2D eigenvalue weighted by molar-refractivity contribution is 4.79. The predicted molar refractivity (Wildman–Crippen MR) is 55.8 cm³/mol. The lowest BCUT2D eigenvalue weighted by Crippen LogP contribution is -2.35. The predicted octanol–water partition coefficient (Wildman–Crippen LogP) is 1.88. The van der Waals surface area contributed by atoms with Crippen molar-refractivity contribution < 1.29 is 5.11 Å². The van der Waals surface area contributed by atoms with Crippen LogP contribution in [0.2, 0.25) is 0 Å². The van der Waals surface area contributed by atoms with Crippen molar-refractivity contribution >= 4 is 0 Å². The Labute approximate surface area is 81.9 Å². The molecule has 13 heavy (non-hydrogen) atoms. The van der Waals surface area contributed by atoms with E-state index in [0.29, 0.717) is 12.6 Å². The standard InChI is InChI=1S/C11H23NO/c1-3-5-10(2)8-12-7-4-6-11(12)9-13/h10-11,13H,3-9H2,1-2H3/t10?,11-/m0/s1. The minimum atomic E-state index is 0.346. The van der Waals surface area contributed by atoms with Crippen LogP contribution in [0.15, 0.2) is 0 Å². The van der Waals surface area contributed by atoms with Crippen LogP contribution in [0, 0.1) is 5.92 Å². The van der Waals surface area contributed by atoms with E-state index >= 15 is 0 Å². The number of nitrogens with zero attached hydrogens (tertiary/aromatic N) is 1. The Balaban J connectivity index is 2.26. The molecule has 1 fully saturated rings. The maximum absolute atomic E-state index is 9.14. The van der Waals surface area contributed by atoms with Crippen LogP contribution in [0.1, 0.15) is 39.5 Å². The van der Waals surface area contributed by atoms with Gasteiger partial charge in [-0.15, -0.1) is 0 Å². The molecule has 1 heterocycles. The van der Waals surface area contributed by atoms with Gasteiger partial charge in [-0.25, -0.2) is 0 Å². The lowest BCUT2D eigenvalue weighted by atomic mass is 10.1. The second kappa shape index (κ2) is 5.61. The SMILES string of the molecule is CCCC(C)CN1CCC[C@H]1CO. The molecule has 0 aromatic heterocycles. The van der Waals surface area contributed by atoms with Gasteiger partial charge in [-0.3, -0.25) is 4.90 Å². The van der Waals surface area contributed by atoms with Crippen molar-refractivity contribution in [2.24, 2.45) is 5.92 Å². The second-order valence-corrected chi connectivity index (χ2v) is 4.37. The molecular weight excluding hydrogens is 162 g/mol. The van der Waals surface area contributed by atoms with E-state index in [2.05, 4.69) is 18.7 Å². The van der Waals surface area contributed by atoms with E-state index in [4.69, 9.17) is 5.11 Å². The highest BCUT2D eigenvalue weighted by Crippen LogP contribution is 2.19. The molecule has 1 aliphatic rings. The first-order valence-electron chi connectivity index (χ1n) is 5.62. The topological polar surface area (TPSA) is 23.5 Å². The minimum Gasteiger partial charge on any atom is -0.395 e. The van der Waals surface area contributed by atoms with Crippen molar-refractivity contribution in [2.45, 2.75) is 45.6 Å². The Morgan fingerprint density at radius 1 is 1.54 bits per heavy atom. The highest BCUT2D eigenvalue weighted by Gasteiger charge is 2.24. The van der Waals surface area contributed by atoms with Gasteiger partial charge >= 0.3 is 0 Å². The maximum Gasteiger partial charge on any atom is 0.0586 e. The molecule has 0 aromatic carbocycles. The molecule has 2 nitrogen and oxygen atoms in total. The van der Waals surface area contributed by atoms with Crippen molar-refractivity contribution in [2.75, 3.05) is 19.7 Å². The lowest BCUT2D eigenvalue weighted by molar-refractivity contribution is 0.143. The summed E-state index contributed by atoms with van der Waals surface area (Å²) < 4.78 is 0. The summed E-state index contributed by atoms with van der Waals surface area (Å²) in [6, 6.07) is 0.458. The minimum absolute atomic E-state index is 0.346. The zero-order valence-corrected chi connectivity index (χ0v) is 9.00. The van der Waals surface area contributed by atoms with E-state index in [-0.39, 0.29) is 0 Å². The van der Waals surface area contributed by atoms with Gasteiger partial charge in [-0.2, -0.15) is 0 Å². The summed E-state index contributed by atoms with van der Waals surface area (Å²) in [5, 5.41) is 9.14. The van der Waals surface area contributed by atoms with Gasteiger partial charge in [-0.1, -0.05) is 20.3 Å². The Kier molecular flexibility index (Phi) is 4.74. The fourth-order valence-corrected chi connectivity index (χ4v) is 2.33. The Morgan fingerprint density at radius 2 is 2.31 bits per heavy atom. The van der Waals surface area contributed by atoms with E-state index in [1.807, 2.05) is 0 Å². The quantitative estimate of drug-likeness (QED) is 0.707. The summed E-state index contributed by atoms with van der Waals surface area (Å²) >= 11 is 0. The number of aliphatic hydroxyl groups is 1. The molecule has 1 rings (SSSR count). The average molecular weight is 185 g/mol. The van der Waals surface area contributed by atoms with Crippen LogP contribution < -0.4 is 0 Å². The molecule has 1 aliphatic heterocycles. The van der Waals surface area contributed by atoms with Crippen LogP contribution in [0.4, 0.5) is 0 Å². The Morgan fingerprint density at radius 3 is 2.92 bits per heavy atom. The summed E-state index contributed by atoms with van der Waals surface area (Å²) in [5.74, 6) is 0.789. The van der Waals surface area contributed by atoms with Crippen molar-refractivity contribution in [1.82, 2.24) is 4.90 Å². The molecule has 0 radical (unpaired) electrons. The zero-order chi connectivity index (χ0) is 9.68. The summed E-state index contributed by atoms with van der Waals surface area (Å²) in [4.78, 5) is 2.46. The fraction of sp³-hybridized carbons (Fsp3) is 1.00. The van der Waals surface area contributed by atoms with Gasteiger partial charge in [0.2, 0.25) is 0 Å². The third-order valence-corrected chi connectivity index (χ3v) is 3.04. The first-order valence-corrected chi connectivity index (χ1v) is 5.62. The third-order valence-electron chi connectivity index (χ3n) is 3.04. The van der Waals surface area contributed by atoms with Crippen LogP contribution in [0.25, 0.3) is 0 Å². The van der Waals surface area contributed by atoms with Crippen molar-refractivity contribution in [3.8, 4) is 0 Å². The van der Waals surface area contributed by atoms with Crippen LogP contribution in [-0.2, 0) is 0 Å². The number of hydrogen-bond acceptors (Lipinski definition) is 2. The molecule has 2 atom stereocenters. The Bertz CT molecular complexity index is 138. The molecular formula is C11H23NO. The van der Waals surface area contributed by atoms with Gasteiger partial charge in [-0.05, 0) is 31.7 Å². The molecule has 1 unspecified atom stereocenters. The Hall–Kier alpha value is -0.0800.